The van der Waals surface area contributed by atoms with Crippen molar-refractivity contribution in [3.8, 4) is 78.9 Å². The van der Waals surface area contributed by atoms with Crippen LogP contribution in [0.2, 0.25) is 0 Å². The van der Waals surface area contributed by atoms with Crippen LogP contribution in [-0.4, -0.2) is 24.9 Å². The van der Waals surface area contributed by atoms with Crippen LogP contribution in [0.1, 0.15) is 0 Å². The van der Waals surface area contributed by atoms with Gasteiger partial charge in [0.1, 0.15) is 0 Å². The lowest BCUT2D eigenvalue weighted by molar-refractivity contribution is 1.17. The highest BCUT2D eigenvalue weighted by atomic mass is 14.9. The zero-order valence-corrected chi connectivity index (χ0v) is 26.0. The van der Waals surface area contributed by atoms with Crippen molar-refractivity contribution in [3.63, 3.8) is 0 Å². The van der Waals surface area contributed by atoms with Gasteiger partial charge in [-0.15, -0.1) is 0 Å². The van der Waals surface area contributed by atoms with E-state index in [9.17, 15) is 0 Å². The Bertz CT molecular complexity index is 2250. The van der Waals surface area contributed by atoms with Gasteiger partial charge >= 0.3 is 0 Å². The predicted molar refractivity (Wildman–Crippen MR) is 193 cm³/mol. The van der Waals surface area contributed by atoms with Crippen molar-refractivity contribution >= 4 is 0 Å². The van der Waals surface area contributed by atoms with Crippen LogP contribution >= 0.6 is 0 Å². The molecule has 0 saturated carbocycles. The summed E-state index contributed by atoms with van der Waals surface area (Å²) in [6, 6.07) is 55.4. The summed E-state index contributed by atoms with van der Waals surface area (Å²) in [5, 5.41) is 0. The van der Waals surface area contributed by atoms with Crippen LogP contribution in [0.3, 0.4) is 0 Å². The first-order chi connectivity index (χ1) is 23.8. The second-order valence-electron chi connectivity index (χ2n) is 11.4. The third kappa shape index (κ3) is 6.13. The minimum Gasteiger partial charge on any atom is -0.255 e. The highest BCUT2D eigenvalue weighted by molar-refractivity contribution is 5.79. The molecule has 5 nitrogen and oxygen atoms in total. The van der Waals surface area contributed by atoms with E-state index >= 15 is 0 Å². The Morgan fingerprint density at radius 3 is 1.46 bits per heavy atom. The molecule has 48 heavy (non-hydrogen) atoms. The molecule has 0 fully saturated rings. The molecule has 8 aromatic rings. The first kappa shape index (κ1) is 28.9. The molecule has 0 aliphatic carbocycles. The fraction of sp³-hybridized carbons (Fsp3) is 0. The van der Waals surface area contributed by atoms with Crippen molar-refractivity contribution < 1.29 is 0 Å². The van der Waals surface area contributed by atoms with Crippen LogP contribution in [-0.2, 0) is 0 Å². The molecule has 0 unspecified atom stereocenters. The zero-order valence-electron chi connectivity index (χ0n) is 26.0. The van der Waals surface area contributed by atoms with Gasteiger partial charge in [0.05, 0.1) is 34.2 Å². The molecule has 0 N–H and O–H groups in total. The molecule has 0 atom stereocenters. The van der Waals surface area contributed by atoms with Gasteiger partial charge in [-0.2, -0.15) is 0 Å². The van der Waals surface area contributed by atoms with Crippen LogP contribution < -0.4 is 0 Å². The second kappa shape index (κ2) is 13.0. The standard InChI is InChI=1S/C43H29N5/c1-4-13-30(14-5-1)33-19-12-20-34(25-33)36-26-41(37-21-10-11-24-44-37)46-42(27-36)38-23-22-35(29-45-38)40-28-39(31-15-6-2-7-16-31)47-43(48-40)32-17-8-3-9-18-32/h1-29H. The molecule has 0 bridgehead atoms. The first-order valence-electron chi connectivity index (χ1n) is 15.8. The number of hydrogen-bond donors (Lipinski definition) is 0. The average molecular weight is 616 g/mol. The summed E-state index contributed by atoms with van der Waals surface area (Å²) in [6.45, 7) is 0. The van der Waals surface area contributed by atoms with E-state index in [0.717, 1.165) is 67.5 Å². The molecule has 4 aromatic heterocycles. The quantitative estimate of drug-likeness (QED) is 0.178. The van der Waals surface area contributed by atoms with Gasteiger partial charge in [0.2, 0.25) is 0 Å². The molecule has 0 aliphatic heterocycles. The number of aromatic nitrogens is 5. The van der Waals surface area contributed by atoms with Crippen molar-refractivity contribution in [2.75, 3.05) is 0 Å². The van der Waals surface area contributed by atoms with E-state index in [-0.39, 0.29) is 0 Å². The van der Waals surface area contributed by atoms with Crippen molar-refractivity contribution in [1.82, 2.24) is 24.9 Å². The summed E-state index contributed by atoms with van der Waals surface area (Å²) in [5.74, 6) is 0.670. The Balaban J connectivity index is 1.20. The summed E-state index contributed by atoms with van der Waals surface area (Å²) in [7, 11) is 0. The molecule has 0 amide bonds. The lowest BCUT2D eigenvalue weighted by Crippen LogP contribution is -1.97. The van der Waals surface area contributed by atoms with Gasteiger partial charge in [0.15, 0.2) is 5.82 Å². The molecule has 8 rings (SSSR count). The molecular weight excluding hydrogens is 587 g/mol. The minimum absolute atomic E-state index is 0.670. The van der Waals surface area contributed by atoms with Crippen molar-refractivity contribution in [2.24, 2.45) is 0 Å². The third-order valence-electron chi connectivity index (χ3n) is 8.21. The van der Waals surface area contributed by atoms with Crippen molar-refractivity contribution in [2.45, 2.75) is 0 Å². The van der Waals surface area contributed by atoms with Gasteiger partial charge in [-0.05, 0) is 70.8 Å². The molecule has 0 saturated heterocycles. The first-order valence-corrected chi connectivity index (χ1v) is 15.8. The number of nitrogens with zero attached hydrogens (tertiary/aromatic N) is 5. The van der Waals surface area contributed by atoms with E-state index < -0.39 is 0 Å². The van der Waals surface area contributed by atoms with Gasteiger partial charge in [-0.1, -0.05) is 115 Å². The summed E-state index contributed by atoms with van der Waals surface area (Å²) in [4.78, 5) is 24.5. The van der Waals surface area contributed by atoms with E-state index in [1.807, 2.05) is 91.1 Å². The molecular formula is C43H29N5. The largest absolute Gasteiger partial charge is 0.255 e. The van der Waals surface area contributed by atoms with E-state index in [0.29, 0.717) is 5.82 Å². The van der Waals surface area contributed by atoms with Gasteiger partial charge in [-0.3, -0.25) is 9.97 Å². The lowest BCUT2D eigenvalue weighted by atomic mass is 9.98. The highest BCUT2D eigenvalue weighted by Crippen LogP contribution is 2.33. The van der Waals surface area contributed by atoms with Crippen LogP contribution in [0.15, 0.2) is 176 Å². The number of hydrogen-bond acceptors (Lipinski definition) is 5. The average Bonchev–Trinajstić information content (AvgIpc) is 3.19. The minimum atomic E-state index is 0.670. The molecule has 4 aromatic carbocycles. The zero-order chi connectivity index (χ0) is 32.1. The molecule has 0 aliphatic rings. The van der Waals surface area contributed by atoms with Gasteiger partial charge in [-0.25, -0.2) is 15.0 Å². The topological polar surface area (TPSA) is 64.5 Å². The normalized spacial score (nSPS) is 10.9. The SMILES string of the molecule is c1ccc(-c2cccc(-c3cc(-c4ccccn4)nc(-c4ccc(-c5cc(-c6ccccc6)nc(-c6ccccc6)n5)cn4)c3)c2)cc1. The molecule has 5 heteroatoms. The Morgan fingerprint density at radius 2 is 0.833 bits per heavy atom. The Kier molecular flexibility index (Phi) is 7.83. The summed E-state index contributed by atoms with van der Waals surface area (Å²) >= 11 is 0. The summed E-state index contributed by atoms with van der Waals surface area (Å²) in [6.07, 6.45) is 3.66. The van der Waals surface area contributed by atoms with E-state index in [4.69, 9.17) is 19.9 Å². The Hall–Kier alpha value is -6.59. The van der Waals surface area contributed by atoms with Crippen molar-refractivity contribution in [3.05, 3.63) is 176 Å². The van der Waals surface area contributed by atoms with E-state index in [2.05, 4.69) is 83.8 Å². The second-order valence-corrected chi connectivity index (χ2v) is 11.4. The van der Waals surface area contributed by atoms with Crippen LogP contribution in [0.4, 0.5) is 0 Å². The number of rotatable bonds is 7. The Morgan fingerprint density at radius 1 is 0.271 bits per heavy atom. The van der Waals surface area contributed by atoms with Gasteiger partial charge in [0.25, 0.3) is 0 Å². The maximum atomic E-state index is 5.04. The van der Waals surface area contributed by atoms with E-state index in [1.54, 1.807) is 6.20 Å². The number of pyridine rings is 3. The van der Waals surface area contributed by atoms with Gasteiger partial charge in [0, 0.05) is 29.1 Å². The molecule has 0 spiro atoms. The smallest absolute Gasteiger partial charge is 0.160 e. The van der Waals surface area contributed by atoms with Crippen LogP contribution in [0, 0.1) is 0 Å². The van der Waals surface area contributed by atoms with E-state index in [1.165, 1.54) is 5.56 Å². The molecule has 4 heterocycles. The predicted octanol–water partition coefficient (Wildman–Crippen LogP) is 10.3. The van der Waals surface area contributed by atoms with Crippen LogP contribution in [0.25, 0.3) is 78.9 Å². The van der Waals surface area contributed by atoms with Gasteiger partial charge < -0.3 is 0 Å². The highest BCUT2D eigenvalue weighted by Gasteiger charge is 2.14. The molecule has 0 radical (unpaired) electrons. The van der Waals surface area contributed by atoms with Crippen molar-refractivity contribution in [1.29, 1.82) is 0 Å². The maximum absolute atomic E-state index is 5.04. The fourth-order valence-electron chi connectivity index (χ4n) is 5.75. The third-order valence-corrected chi connectivity index (χ3v) is 8.21. The Labute approximate surface area is 279 Å². The maximum Gasteiger partial charge on any atom is 0.160 e. The lowest BCUT2D eigenvalue weighted by Gasteiger charge is -2.12. The number of benzene rings is 4. The fourth-order valence-corrected chi connectivity index (χ4v) is 5.75. The summed E-state index contributed by atoms with van der Waals surface area (Å²) < 4.78 is 0. The van der Waals surface area contributed by atoms with Crippen LogP contribution in [0.5, 0.6) is 0 Å². The molecule has 226 valence electrons. The summed E-state index contributed by atoms with van der Waals surface area (Å²) in [5.41, 5.74) is 12.1. The monoisotopic (exact) mass is 615 g/mol.